The van der Waals surface area contributed by atoms with Crippen molar-refractivity contribution in [3.8, 4) is 0 Å². The van der Waals surface area contributed by atoms with E-state index in [4.69, 9.17) is 0 Å². The van der Waals surface area contributed by atoms with Gasteiger partial charge >= 0.3 is 5.97 Å². The number of carboxylic acids is 1. The van der Waals surface area contributed by atoms with Gasteiger partial charge < -0.3 is 15.0 Å². The van der Waals surface area contributed by atoms with Crippen molar-refractivity contribution in [1.29, 1.82) is 0 Å². The standard InChI is InChI=1S/C16H19N5O4/c1-8-15(10(3)22)9(2)21(19-8)6-14(23)20-5-12-11(17-7-18-12)4-13(20)16(24)25/h7,13H,4-6H2,1-3H3,(H,17,18)(H,24,25)/t13-/m1/s1. The van der Waals surface area contributed by atoms with E-state index in [0.29, 0.717) is 22.6 Å². The van der Waals surface area contributed by atoms with Crippen LogP contribution in [0, 0.1) is 13.8 Å². The zero-order valence-corrected chi connectivity index (χ0v) is 14.2. The highest BCUT2D eigenvalue weighted by Crippen LogP contribution is 2.22. The molecule has 2 aromatic heterocycles. The molecule has 1 aliphatic rings. The summed E-state index contributed by atoms with van der Waals surface area (Å²) >= 11 is 0. The highest BCUT2D eigenvalue weighted by atomic mass is 16.4. The number of aromatic nitrogens is 4. The number of aliphatic carboxylic acids is 1. The molecular weight excluding hydrogens is 326 g/mol. The van der Waals surface area contributed by atoms with Crippen molar-refractivity contribution in [3.63, 3.8) is 0 Å². The third kappa shape index (κ3) is 2.92. The van der Waals surface area contributed by atoms with Crippen LogP contribution in [0.4, 0.5) is 0 Å². The van der Waals surface area contributed by atoms with E-state index in [0.717, 1.165) is 5.69 Å². The van der Waals surface area contributed by atoms with E-state index < -0.39 is 12.0 Å². The second-order valence-electron chi connectivity index (χ2n) is 6.17. The lowest BCUT2D eigenvalue weighted by molar-refractivity contribution is -0.151. The van der Waals surface area contributed by atoms with Crippen LogP contribution in [0.2, 0.25) is 0 Å². The number of amides is 1. The Labute approximate surface area is 143 Å². The Morgan fingerprint density at radius 1 is 1.36 bits per heavy atom. The third-order valence-electron chi connectivity index (χ3n) is 4.52. The van der Waals surface area contributed by atoms with E-state index in [1.165, 1.54) is 22.8 Å². The van der Waals surface area contributed by atoms with Crippen molar-refractivity contribution < 1.29 is 19.5 Å². The molecule has 2 aromatic rings. The quantitative estimate of drug-likeness (QED) is 0.777. The number of rotatable bonds is 4. The fourth-order valence-corrected chi connectivity index (χ4v) is 3.30. The number of nitrogens with zero attached hydrogens (tertiary/aromatic N) is 4. The van der Waals surface area contributed by atoms with Gasteiger partial charge in [-0.1, -0.05) is 0 Å². The highest BCUT2D eigenvalue weighted by Gasteiger charge is 2.36. The minimum Gasteiger partial charge on any atom is -0.480 e. The molecule has 9 heteroatoms. The van der Waals surface area contributed by atoms with Gasteiger partial charge in [0.1, 0.15) is 12.6 Å². The predicted molar refractivity (Wildman–Crippen MR) is 86.0 cm³/mol. The molecule has 25 heavy (non-hydrogen) atoms. The van der Waals surface area contributed by atoms with Crippen LogP contribution < -0.4 is 0 Å². The topological polar surface area (TPSA) is 121 Å². The van der Waals surface area contributed by atoms with Crippen LogP contribution in [0.15, 0.2) is 6.33 Å². The summed E-state index contributed by atoms with van der Waals surface area (Å²) in [6.45, 7) is 4.93. The van der Waals surface area contributed by atoms with Crippen molar-refractivity contribution in [2.24, 2.45) is 0 Å². The molecule has 132 valence electrons. The number of imidazole rings is 1. The van der Waals surface area contributed by atoms with Gasteiger partial charge in [-0.3, -0.25) is 14.3 Å². The van der Waals surface area contributed by atoms with Gasteiger partial charge in [0.25, 0.3) is 0 Å². The summed E-state index contributed by atoms with van der Waals surface area (Å²) in [4.78, 5) is 44.4. The van der Waals surface area contributed by atoms with E-state index in [-0.39, 0.29) is 31.2 Å². The fraction of sp³-hybridized carbons (Fsp3) is 0.438. The van der Waals surface area contributed by atoms with Gasteiger partial charge in [-0.2, -0.15) is 5.10 Å². The molecule has 1 atom stereocenters. The Balaban J connectivity index is 1.86. The first-order valence-corrected chi connectivity index (χ1v) is 7.88. The Morgan fingerprint density at radius 2 is 2.08 bits per heavy atom. The van der Waals surface area contributed by atoms with Gasteiger partial charge in [0, 0.05) is 12.1 Å². The monoisotopic (exact) mass is 345 g/mol. The number of carboxylic acid groups (broad SMARTS) is 1. The molecule has 0 bridgehead atoms. The van der Waals surface area contributed by atoms with E-state index in [9.17, 15) is 19.5 Å². The smallest absolute Gasteiger partial charge is 0.326 e. The van der Waals surface area contributed by atoms with Crippen LogP contribution in [-0.4, -0.2) is 53.5 Å². The maximum atomic E-state index is 12.7. The van der Waals surface area contributed by atoms with Crippen LogP contribution in [0.5, 0.6) is 0 Å². The fourth-order valence-electron chi connectivity index (χ4n) is 3.30. The van der Waals surface area contributed by atoms with Crippen LogP contribution in [-0.2, 0) is 29.1 Å². The van der Waals surface area contributed by atoms with Crippen molar-refractivity contribution in [3.05, 3.63) is 34.7 Å². The first-order chi connectivity index (χ1) is 11.8. The zero-order valence-electron chi connectivity index (χ0n) is 14.2. The minimum atomic E-state index is -1.07. The number of H-pyrrole nitrogens is 1. The number of carbonyl (C=O) groups excluding carboxylic acids is 2. The second-order valence-corrected chi connectivity index (χ2v) is 6.17. The highest BCUT2D eigenvalue weighted by molar-refractivity contribution is 5.96. The Bertz CT molecular complexity index is 866. The maximum absolute atomic E-state index is 12.7. The number of aryl methyl sites for hydroxylation is 1. The van der Waals surface area contributed by atoms with Crippen LogP contribution in [0.3, 0.4) is 0 Å². The number of ketones is 1. The average molecular weight is 345 g/mol. The molecule has 0 aromatic carbocycles. The average Bonchev–Trinajstić information content (AvgIpc) is 3.09. The first-order valence-electron chi connectivity index (χ1n) is 7.88. The first kappa shape index (κ1) is 16.9. The van der Waals surface area contributed by atoms with Gasteiger partial charge in [-0.15, -0.1) is 0 Å². The summed E-state index contributed by atoms with van der Waals surface area (Å²) in [6.07, 6.45) is 1.66. The van der Waals surface area contributed by atoms with Gasteiger partial charge in [0.2, 0.25) is 5.91 Å². The molecule has 9 nitrogen and oxygen atoms in total. The summed E-state index contributed by atoms with van der Waals surface area (Å²) in [6, 6.07) is -0.965. The van der Waals surface area contributed by atoms with Crippen LogP contribution >= 0.6 is 0 Å². The SMILES string of the molecule is CC(=O)c1c(C)nn(CC(=O)N2Cc3[nH]cnc3C[C@@H]2C(=O)O)c1C. The van der Waals surface area contributed by atoms with Crippen molar-refractivity contribution >= 4 is 17.7 Å². The summed E-state index contributed by atoms with van der Waals surface area (Å²) < 4.78 is 1.45. The lowest BCUT2D eigenvalue weighted by Gasteiger charge is -2.32. The van der Waals surface area contributed by atoms with Gasteiger partial charge in [-0.25, -0.2) is 9.78 Å². The predicted octanol–water partition coefficient (Wildman–Crippen LogP) is 0.464. The summed E-state index contributed by atoms with van der Waals surface area (Å²) in [5.74, 6) is -1.55. The molecule has 0 aliphatic carbocycles. The van der Waals surface area contributed by atoms with Gasteiger partial charge in [0.05, 0.1) is 35.5 Å². The lowest BCUT2D eigenvalue weighted by atomic mass is 10.0. The normalized spacial score (nSPS) is 16.6. The molecule has 1 aliphatic heterocycles. The molecule has 1 amide bonds. The maximum Gasteiger partial charge on any atom is 0.326 e. The van der Waals surface area contributed by atoms with Crippen molar-refractivity contribution in [2.45, 2.75) is 46.3 Å². The lowest BCUT2D eigenvalue weighted by Crippen LogP contribution is -2.49. The molecule has 0 spiro atoms. The molecule has 0 unspecified atom stereocenters. The number of hydrogen-bond donors (Lipinski definition) is 2. The number of Topliss-reactive ketones (excluding diaryl/α,β-unsaturated/α-hetero) is 1. The largest absolute Gasteiger partial charge is 0.480 e. The van der Waals surface area contributed by atoms with E-state index in [2.05, 4.69) is 15.1 Å². The van der Waals surface area contributed by atoms with Crippen LogP contribution in [0.1, 0.15) is 40.1 Å². The van der Waals surface area contributed by atoms with E-state index in [1.807, 2.05) is 0 Å². The number of fused-ring (bicyclic) bond motifs is 1. The molecule has 3 heterocycles. The minimum absolute atomic E-state index is 0.114. The summed E-state index contributed by atoms with van der Waals surface area (Å²) in [5.41, 5.74) is 3.06. The number of hydrogen-bond acceptors (Lipinski definition) is 5. The van der Waals surface area contributed by atoms with Gasteiger partial charge in [-0.05, 0) is 20.8 Å². The zero-order chi connectivity index (χ0) is 18.3. The molecule has 0 saturated heterocycles. The molecule has 0 fully saturated rings. The summed E-state index contributed by atoms with van der Waals surface area (Å²) in [7, 11) is 0. The van der Waals surface area contributed by atoms with E-state index in [1.54, 1.807) is 13.8 Å². The van der Waals surface area contributed by atoms with Crippen molar-refractivity contribution in [1.82, 2.24) is 24.6 Å². The summed E-state index contributed by atoms with van der Waals surface area (Å²) in [5, 5.41) is 13.7. The number of aromatic amines is 1. The molecule has 3 rings (SSSR count). The Kier molecular flexibility index (Phi) is 4.15. The number of nitrogens with one attached hydrogen (secondary N) is 1. The third-order valence-corrected chi connectivity index (χ3v) is 4.52. The van der Waals surface area contributed by atoms with E-state index >= 15 is 0 Å². The van der Waals surface area contributed by atoms with Crippen LogP contribution in [0.25, 0.3) is 0 Å². The van der Waals surface area contributed by atoms with Crippen molar-refractivity contribution in [2.75, 3.05) is 0 Å². The molecule has 2 N–H and O–H groups in total. The molecular formula is C16H19N5O4. The second kappa shape index (κ2) is 6.15. The Hall–Kier alpha value is -2.97. The molecule has 0 radical (unpaired) electrons. The van der Waals surface area contributed by atoms with Gasteiger partial charge in [0.15, 0.2) is 5.78 Å². The number of carbonyl (C=O) groups is 3. The Morgan fingerprint density at radius 3 is 2.68 bits per heavy atom. The molecule has 0 saturated carbocycles.